The van der Waals surface area contributed by atoms with Crippen LogP contribution in [0.15, 0.2) is 95.9 Å². The highest BCUT2D eigenvalue weighted by Crippen LogP contribution is 2.42. The fourth-order valence-electron chi connectivity index (χ4n) is 5.46. The number of nitrogens with zero attached hydrogens (tertiary/aromatic N) is 2. The van der Waals surface area contributed by atoms with Gasteiger partial charge in [0.25, 0.3) is 10.0 Å². The maximum absolute atomic E-state index is 14.0. The SMILES string of the molecule is CC(C)NC(=O)[C@H](Cc1ccccc1)N(Cc1ccccc1Cl)C(=O)CCCN1c2cccc3cccc(c23)S1(=O)=O. The van der Waals surface area contributed by atoms with Crippen molar-refractivity contribution in [3.8, 4) is 0 Å². The van der Waals surface area contributed by atoms with Crippen molar-refractivity contribution < 1.29 is 18.0 Å². The largest absolute Gasteiger partial charge is 0.352 e. The number of sulfonamides is 1. The lowest BCUT2D eigenvalue weighted by atomic mass is 10.0. The molecule has 4 aromatic carbocycles. The van der Waals surface area contributed by atoms with E-state index < -0.39 is 16.1 Å². The van der Waals surface area contributed by atoms with Crippen molar-refractivity contribution in [2.24, 2.45) is 0 Å². The summed E-state index contributed by atoms with van der Waals surface area (Å²) < 4.78 is 28.2. The predicted octanol–water partition coefficient (Wildman–Crippen LogP) is 5.95. The van der Waals surface area contributed by atoms with E-state index in [4.69, 9.17) is 11.6 Å². The van der Waals surface area contributed by atoms with Crippen LogP contribution in [0.25, 0.3) is 10.8 Å². The van der Waals surface area contributed by atoms with E-state index in [9.17, 15) is 18.0 Å². The van der Waals surface area contributed by atoms with Gasteiger partial charge in [-0.25, -0.2) is 8.42 Å². The number of rotatable bonds is 11. The average molecular weight is 604 g/mol. The maximum Gasteiger partial charge on any atom is 0.265 e. The van der Waals surface area contributed by atoms with Gasteiger partial charge in [0, 0.05) is 42.4 Å². The molecule has 1 aliphatic heterocycles. The summed E-state index contributed by atoms with van der Waals surface area (Å²) in [7, 11) is -3.73. The van der Waals surface area contributed by atoms with E-state index in [0.29, 0.717) is 22.5 Å². The molecule has 0 radical (unpaired) electrons. The van der Waals surface area contributed by atoms with Crippen LogP contribution in [0.2, 0.25) is 5.02 Å². The Hall–Kier alpha value is -3.88. The third-order valence-electron chi connectivity index (χ3n) is 7.43. The topological polar surface area (TPSA) is 86.8 Å². The number of hydrogen-bond acceptors (Lipinski definition) is 4. The lowest BCUT2D eigenvalue weighted by Gasteiger charge is -2.32. The normalized spacial score (nSPS) is 14.2. The summed E-state index contributed by atoms with van der Waals surface area (Å²) in [5.74, 6) is -0.499. The van der Waals surface area contributed by atoms with Crippen molar-refractivity contribution in [3.05, 3.63) is 107 Å². The summed E-state index contributed by atoms with van der Waals surface area (Å²) in [6, 6.07) is 26.8. The first kappa shape index (κ1) is 29.6. The highest BCUT2D eigenvalue weighted by atomic mass is 35.5. The summed E-state index contributed by atoms with van der Waals surface area (Å²) in [6.07, 6.45) is 0.668. The molecular weight excluding hydrogens is 570 g/mol. The Morgan fingerprint density at radius 3 is 2.31 bits per heavy atom. The molecule has 1 atom stereocenters. The molecule has 7 nitrogen and oxygen atoms in total. The Morgan fingerprint density at radius 2 is 1.60 bits per heavy atom. The lowest BCUT2D eigenvalue weighted by molar-refractivity contribution is -0.141. The first-order chi connectivity index (χ1) is 20.2. The minimum absolute atomic E-state index is 0.0586. The number of amides is 2. The van der Waals surface area contributed by atoms with Crippen molar-refractivity contribution in [1.29, 1.82) is 0 Å². The van der Waals surface area contributed by atoms with E-state index >= 15 is 0 Å². The fraction of sp³-hybridized carbons (Fsp3) is 0.273. The standard InChI is InChI=1S/C33H34ClN3O4S/c1-23(2)35-33(39)29(21-24-11-4-3-5-12-24)36(22-26-13-6-7-16-27(26)34)31(38)19-10-20-37-28-17-8-14-25-15-9-18-30(32(25)28)42(37,40)41/h3-9,11-18,23,29H,10,19-22H2,1-2H3,(H,35,39)/t29-/m0/s1. The minimum Gasteiger partial charge on any atom is -0.352 e. The molecule has 0 fully saturated rings. The number of hydrogen-bond donors (Lipinski definition) is 1. The molecule has 218 valence electrons. The number of benzene rings is 4. The van der Waals surface area contributed by atoms with Crippen molar-refractivity contribution in [2.75, 3.05) is 10.8 Å². The number of carbonyl (C=O) groups excluding carboxylic acids is 2. The first-order valence-corrected chi connectivity index (χ1v) is 15.9. The molecule has 1 aliphatic rings. The summed E-state index contributed by atoms with van der Waals surface area (Å²) in [5, 5.41) is 5.05. The second-order valence-corrected chi connectivity index (χ2v) is 13.0. The summed E-state index contributed by atoms with van der Waals surface area (Å²) in [6.45, 7) is 4.05. The highest BCUT2D eigenvalue weighted by molar-refractivity contribution is 7.93. The molecule has 5 rings (SSSR count). The number of halogens is 1. The van der Waals surface area contributed by atoms with Crippen LogP contribution >= 0.6 is 11.6 Å². The molecule has 0 unspecified atom stereocenters. The molecule has 9 heteroatoms. The van der Waals surface area contributed by atoms with Gasteiger partial charge < -0.3 is 10.2 Å². The van der Waals surface area contributed by atoms with E-state index in [1.54, 1.807) is 29.2 Å². The van der Waals surface area contributed by atoms with E-state index in [2.05, 4.69) is 5.32 Å². The molecule has 42 heavy (non-hydrogen) atoms. The van der Waals surface area contributed by atoms with Crippen LogP contribution in [0.1, 0.15) is 37.8 Å². The van der Waals surface area contributed by atoms with Crippen LogP contribution < -0.4 is 9.62 Å². The van der Waals surface area contributed by atoms with Crippen LogP contribution in [0.5, 0.6) is 0 Å². The summed E-state index contributed by atoms with van der Waals surface area (Å²) >= 11 is 6.49. The van der Waals surface area contributed by atoms with Gasteiger partial charge in [0.15, 0.2) is 0 Å². The Morgan fingerprint density at radius 1 is 0.905 bits per heavy atom. The molecule has 0 saturated heterocycles. The molecule has 4 aromatic rings. The third-order valence-corrected chi connectivity index (χ3v) is 9.66. The quantitative estimate of drug-likeness (QED) is 0.230. The van der Waals surface area contributed by atoms with Crippen molar-refractivity contribution >= 4 is 49.9 Å². The number of nitrogens with one attached hydrogen (secondary N) is 1. The van der Waals surface area contributed by atoms with Gasteiger partial charge in [-0.3, -0.25) is 13.9 Å². The van der Waals surface area contributed by atoms with Crippen LogP contribution in [0.4, 0.5) is 5.69 Å². The molecule has 0 aromatic heterocycles. The van der Waals surface area contributed by atoms with E-state index in [1.165, 1.54) is 4.31 Å². The molecule has 0 spiro atoms. The zero-order chi connectivity index (χ0) is 29.9. The third kappa shape index (κ3) is 6.15. The summed E-state index contributed by atoms with van der Waals surface area (Å²) in [4.78, 5) is 29.4. The van der Waals surface area contributed by atoms with Crippen molar-refractivity contribution in [2.45, 2.75) is 56.6 Å². The molecule has 1 N–H and O–H groups in total. The van der Waals surface area contributed by atoms with E-state index in [-0.39, 0.29) is 48.7 Å². The molecule has 1 heterocycles. The number of anilines is 1. The zero-order valence-corrected chi connectivity index (χ0v) is 25.2. The van der Waals surface area contributed by atoms with Gasteiger partial charge >= 0.3 is 0 Å². The van der Waals surface area contributed by atoms with E-state index in [1.807, 2.05) is 80.6 Å². The van der Waals surface area contributed by atoms with Gasteiger partial charge in [0.05, 0.1) is 10.6 Å². The summed E-state index contributed by atoms with van der Waals surface area (Å²) in [5.41, 5.74) is 2.28. The zero-order valence-electron chi connectivity index (χ0n) is 23.7. The van der Waals surface area contributed by atoms with Gasteiger partial charge in [-0.1, -0.05) is 84.4 Å². The monoisotopic (exact) mass is 603 g/mol. The van der Waals surface area contributed by atoms with Crippen LogP contribution in [-0.4, -0.2) is 43.8 Å². The molecular formula is C33H34ClN3O4S. The highest BCUT2D eigenvalue weighted by Gasteiger charge is 2.36. The fourth-order valence-corrected chi connectivity index (χ4v) is 7.41. The van der Waals surface area contributed by atoms with E-state index in [0.717, 1.165) is 16.5 Å². The Bertz CT molecular complexity index is 1700. The lowest BCUT2D eigenvalue weighted by Crippen LogP contribution is -2.51. The van der Waals surface area contributed by atoms with Crippen molar-refractivity contribution in [3.63, 3.8) is 0 Å². The van der Waals surface area contributed by atoms with Crippen LogP contribution in [0.3, 0.4) is 0 Å². The Labute approximate surface area is 252 Å². The van der Waals surface area contributed by atoms with Gasteiger partial charge in [-0.15, -0.1) is 0 Å². The Kier molecular flexibility index (Phi) is 8.85. The van der Waals surface area contributed by atoms with Crippen LogP contribution in [0, 0.1) is 0 Å². The molecule has 0 bridgehead atoms. The molecule has 0 aliphatic carbocycles. The van der Waals surface area contributed by atoms with Gasteiger partial charge in [-0.2, -0.15) is 0 Å². The maximum atomic E-state index is 14.0. The Balaban J connectivity index is 1.40. The van der Waals surface area contributed by atoms with Crippen LogP contribution in [-0.2, 0) is 32.6 Å². The average Bonchev–Trinajstić information content (AvgIpc) is 3.19. The first-order valence-electron chi connectivity index (χ1n) is 14.1. The minimum atomic E-state index is -3.73. The molecule has 2 amide bonds. The van der Waals surface area contributed by atoms with Gasteiger partial charge in [0.1, 0.15) is 6.04 Å². The number of carbonyl (C=O) groups is 2. The van der Waals surface area contributed by atoms with Crippen molar-refractivity contribution in [1.82, 2.24) is 10.2 Å². The van der Waals surface area contributed by atoms with Gasteiger partial charge in [-0.05, 0) is 55.0 Å². The smallest absolute Gasteiger partial charge is 0.265 e. The second-order valence-electron chi connectivity index (χ2n) is 10.8. The predicted molar refractivity (Wildman–Crippen MR) is 167 cm³/mol. The molecule has 0 saturated carbocycles. The van der Waals surface area contributed by atoms with Gasteiger partial charge in [0.2, 0.25) is 11.8 Å². The second kappa shape index (κ2) is 12.5.